The molecule has 1 N–H and O–H groups in total. The van der Waals surface area contributed by atoms with Crippen molar-refractivity contribution < 1.29 is 14.4 Å². The summed E-state index contributed by atoms with van der Waals surface area (Å²) < 4.78 is 5.09. The summed E-state index contributed by atoms with van der Waals surface area (Å²) in [4.78, 5) is 17.0. The van der Waals surface area contributed by atoms with Gasteiger partial charge in [-0.3, -0.25) is 9.69 Å². The molecule has 2 heterocycles. The summed E-state index contributed by atoms with van der Waals surface area (Å²) >= 11 is 0. The molecule has 0 aliphatic carbocycles. The second kappa shape index (κ2) is 5.95. The van der Waals surface area contributed by atoms with Crippen LogP contribution in [0.1, 0.15) is 37.4 Å². The zero-order chi connectivity index (χ0) is 13.0. The first-order valence-electron chi connectivity index (χ1n) is 6.37. The first-order chi connectivity index (χ1) is 8.63. The van der Waals surface area contributed by atoms with Gasteiger partial charge in [-0.05, 0) is 45.2 Å². The van der Waals surface area contributed by atoms with Crippen molar-refractivity contribution in [2.24, 2.45) is 5.92 Å². The number of aliphatic carboxylic acids is 1. The van der Waals surface area contributed by atoms with E-state index in [1.54, 1.807) is 0 Å². The second-order valence-corrected chi connectivity index (χ2v) is 4.89. The van der Waals surface area contributed by atoms with Gasteiger partial charge in [0, 0.05) is 6.42 Å². The third-order valence-electron chi connectivity index (χ3n) is 3.40. The van der Waals surface area contributed by atoms with Crippen LogP contribution in [0.5, 0.6) is 0 Å². The summed E-state index contributed by atoms with van der Waals surface area (Å²) in [7, 11) is 0. The van der Waals surface area contributed by atoms with Gasteiger partial charge in [0.1, 0.15) is 0 Å². The minimum Gasteiger partial charge on any atom is -0.481 e. The highest BCUT2D eigenvalue weighted by molar-refractivity contribution is 5.66. The van der Waals surface area contributed by atoms with Crippen molar-refractivity contribution in [1.29, 1.82) is 0 Å². The molecule has 1 aromatic heterocycles. The van der Waals surface area contributed by atoms with E-state index in [4.69, 9.17) is 9.63 Å². The zero-order valence-corrected chi connectivity index (χ0v) is 10.6. The van der Waals surface area contributed by atoms with Crippen LogP contribution in [-0.4, -0.2) is 39.2 Å². The molecule has 0 saturated carbocycles. The Balaban J connectivity index is 1.71. The Bertz CT molecular complexity index is 397. The lowest BCUT2D eigenvalue weighted by Gasteiger charge is -2.30. The number of aromatic nitrogens is 2. The SMILES string of the molecule is Cc1noc(CN2CCC(CCC(=O)O)CC2)n1. The standard InChI is InChI=1S/C12H19N3O3/c1-9-13-11(18-14-9)8-15-6-4-10(5-7-15)2-3-12(16)17/h10H,2-8H2,1H3,(H,16,17). The third kappa shape index (κ3) is 3.80. The van der Waals surface area contributed by atoms with Crippen molar-refractivity contribution in [3.05, 3.63) is 11.7 Å². The summed E-state index contributed by atoms with van der Waals surface area (Å²) in [6, 6.07) is 0. The quantitative estimate of drug-likeness (QED) is 0.855. The summed E-state index contributed by atoms with van der Waals surface area (Å²) in [6.07, 6.45) is 3.19. The van der Waals surface area contributed by atoms with Crippen LogP contribution in [0.15, 0.2) is 4.52 Å². The minimum atomic E-state index is -0.696. The van der Waals surface area contributed by atoms with Gasteiger partial charge in [0.2, 0.25) is 5.89 Å². The molecule has 2 rings (SSSR count). The molecule has 1 fully saturated rings. The minimum absolute atomic E-state index is 0.285. The maximum Gasteiger partial charge on any atom is 0.303 e. The summed E-state index contributed by atoms with van der Waals surface area (Å²) in [5, 5.41) is 12.4. The molecule has 1 aliphatic heterocycles. The smallest absolute Gasteiger partial charge is 0.303 e. The van der Waals surface area contributed by atoms with Gasteiger partial charge in [0.25, 0.3) is 0 Å². The lowest BCUT2D eigenvalue weighted by molar-refractivity contribution is -0.137. The number of carboxylic acids is 1. The van der Waals surface area contributed by atoms with Crippen LogP contribution in [0, 0.1) is 12.8 Å². The van der Waals surface area contributed by atoms with E-state index in [2.05, 4.69) is 15.0 Å². The average Bonchev–Trinajstić information content (AvgIpc) is 2.74. The van der Waals surface area contributed by atoms with Crippen molar-refractivity contribution in [3.8, 4) is 0 Å². The molecule has 0 unspecified atom stereocenters. The van der Waals surface area contributed by atoms with Crippen LogP contribution in [0.2, 0.25) is 0 Å². The van der Waals surface area contributed by atoms with Crippen LogP contribution in [-0.2, 0) is 11.3 Å². The van der Waals surface area contributed by atoms with Gasteiger partial charge in [0.05, 0.1) is 6.54 Å². The van der Waals surface area contributed by atoms with Gasteiger partial charge < -0.3 is 9.63 Å². The van der Waals surface area contributed by atoms with E-state index in [1.807, 2.05) is 6.92 Å². The Morgan fingerprint density at radius 2 is 2.22 bits per heavy atom. The number of hydrogen-bond donors (Lipinski definition) is 1. The Morgan fingerprint density at radius 3 is 2.78 bits per heavy atom. The summed E-state index contributed by atoms with van der Waals surface area (Å²) in [5.74, 6) is 1.18. The van der Waals surface area contributed by atoms with Crippen molar-refractivity contribution in [2.45, 2.75) is 39.2 Å². The van der Waals surface area contributed by atoms with E-state index >= 15 is 0 Å². The molecule has 1 aromatic rings. The largest absolute Gasteiger partial charge is 0.481 e. The molecule has 6 heteroatoms. The fourth-order valence-electron chi connectivity index (χ4n) is 2.36. The third-order valence-corrected chi connectivity index (χ3v) is 3.40. The van der Waals surface area contributed by atoms with Gasteiger partial charge >= 0.3 is 5.97 Å². The number of piperidine rings is 1. The fraction of sp³-hybridized carbons (Fsp3) is 0.750. The predicted octanol–water partition coefficient (Wildman–Crippen LogP) is 1.45. The van der Waals surface area contributed by atoms with E-state index in [0.717, 1.165) is 32.4 Å². The maximum absolute atomic E-state index is 10.5. The normalized spacial score (nSPS) is 18.1. The monoisotopic (exact) mass is 253 g/mol. The number of carboxylic acid groups (broad SMARTS) is 1. The number of nitrogens with zero attached hydrogens (tertiary/aromatic N) is 3. The van der Waals surface area contributed by atoms with Crippen molar-refractivity contribution in [2.75, 3.05) is 13.1 Å². The van der Waals surface area contributed by atoms with Gasteiger partial charge in [-0.1, -0.05) is 5.16 Å². The lowest BCUT2D eigenvalue weighted by Crippen LogP contribution is -2.33. The number of rotatable bonds is 5. The molecule has 100 valence electrons. The van der Waals surface area contributed by atoms with Gasteiger partial charge in [-0.25, -0.2) is 0 Å². The molecule has 0 atom stereocenters. The topological polar surface area (TPSA) is 79.5 Å². The highest BCUT2D eigenvalue weighted by Gasteiger charge is 2.21. The van der Waals surface area contributed by atoms with Gasteiger partial charge in [-0.2, -0.15) is 4.98 Å². The van der Waals surface area contributed by atoms with Crippen LogP contribution in [0.25, 0.3) is 0 Å². The second-order valence-electron chi connectivity index (χ2n) is 4.89. The number of aryl methyl sites for hydroxylation is 1. The van der Waals surface area contributed by atoms with Crippen LogP contribution < -0.4 is 0 Å². The Hall–Kier alpha value is -1.43. The van der Waals surface area contributed by atoms with E-state index in [0.29, 0.717) is 24.2 Å². The molecule has 0 radical (unpaired) electrons. The zero-order valence-electron chi connectivity index (χ0n) is 10.6. The molecular formula is C12H19N3O3. The molecule has 6 nitrogen and oxygen atoms in total. The van der Waals surface area contributed by atoms with E-state index in [1.165, 1.54) is 0 Å². The highest BCUT2D eigenvalue weighted by atomic mass is 16.5. The summed E-state index contributed by atoms with van der Waals surface area (Å²) in [5.41, 5.74) is 0. The number of carbonyl (C=O) groups is 1. The Kier molecular flexibility index (Phi) is 4.30. The van der Waals surface area contributed by atoms with Crippen molar-refractivity contribution in [3.63, 3.8) is 0 Å². The lowest BCUT2D eigenvalue weighted by atomic mass is 9.92. The number of hydrogen-bond acceptors (Lipinski definition) is 5. The first kappa shape index (κ1) is 13.0. The first-order valence-corrected chi connectivity index (χ1v) is 6.37. The Morgan fingerprint density at radius 1 is 1.50 bits per heavy atom. The Labute approximate surface area is 106 Å². The van der Waals surface area contributed by atoms with Crippen molar-refractivity contribution in [1.82, 2.24) is 15.0 Å². The number of likely N-dealkylation sites (tertiary alicyclic amines) is 1. The molecule has 0 bridgehead atoms. The fourth-order valence-corrected chi connectivity index (χ4v) is 2.36. The van der Waals surface area contributed by atoms with Crippen LogP contribution >= 0.6 is 0 Å². The van der Waals surface area contributed by atoms with E-state index < -0.39 is 5.97 Å². The molecule has 1 aliphatic rings. The van der Waals surface area contributed by atoms with Crippen molar-refractivity contribution >= 4 is 5.97 Å². The average molecular weight is 253 g/mol. The van der Waals surface area contributed by atoms with Crippen LogP contribution in [0.3, 0.4) is 0 Å². The summed E-state index contributed by atoms with van der Waals surface area (Å²) in [6.45, 7) is 4.47. The van der Waals surface area contributed by atoms with Gasteiger partial charge in [-0.15, -0.1) is 0 Å². The highest BCUT2D eigenvalue weighted by Crippen LogP contribution is 2.22. The molecule has 18 heavy (non-hydrogen) atoms. The molecule has 0 aromatic carbocycles. The van der Waals surface area contributed by atoms with E-state index in [-0.39, 0.29) is 6.42 Å². The molecule has 0 amide bonds. The van der Waals surface area contributed by atoms with Gasteiger partial charge in [0.15, 0.2) is 5.82 Å². The molecule has 0 spiro atoms. The molecule has 1 saturated heterocycles. The van der Waals surface area contributed by atoms with Crippen LogP contribution in [0.4, 0.5) is 0 Å². The molecular weight excluding hydrogens is 234 g/mol. The van der Waals surface area contributed by atoms with E-state index in [9.17, 15) is 4.79 Å². The predicted molar refractivity (Wildman–Crippen MR) is 63.9 cm³/mol. The maximum atomic E-state index is 10.5.